The summed E-state index contributed by atoms with van der Waals surface area (Å²) in [6.07, 6.45) is 1.70. The van der Waals surface area contributed by atoms with Gasteiger partial charge in [-0.25, -0.2) is 4.79 Å². The lowest BCUT2D eigenvalue weighted by molar-refractivity contribution is 0.0549. The van der Waals surface area contributed by atoms with Crippen LogP contribution in [0.2, 0.25) is 0 Å². The first-order chi connectivity index (χ1) is 10.7. The fourth-order valence-corrected chi connectivity index (χ4v) is 1.98. The number of aliphatic hydroxyl groups is 1. The molecule has 4 heteroatoms. The van der Waals surface area contributed by atoms with Gasteiger partial charge < -0.3 is 14.6 Å². The maximum absolute atomic E-state index is 11.9. The summed E-state index contributed by atoms with van der Waals surface area (Å²) in [5.74, 6) is 0.172. The van der Waals surface area contributed by atoms with Gasteiger partial charge in [0.1, 0.15) is 12.4 Å². The summed E-state index contributed by atoms with van der Waals surface area (Å²) >= 11 is 0. The van der Waals surface area contributed by atoms with Gasteiger partial charge in [0, 0.05) is 0 Å². The fraction of sp³-hybridized carbons (Fsp3) is 0.167. The average molecular weight is 298 g/mol. The van der Waals surface area contributed by atoms with Crippen LogP contribution in [0.5, 0.6) is 5.75 Å². The molecular weight excluding hydrogens is 280 g/mol. The molecule has 0 radical (unpaired) electrons. The van der Waals surface area contributed by atoms with Crippen molar-refractivity contribution in [3.8, 4) is 5.75 Å². The predicted molar refractivity (Wildman–Crippen MR) is 84.8 cm³/mol. The standard InChI is InChI=1S/C18H18O4/c1-21-17-9-5-8-15(12-17)18(20)22-11-10-16(13-19)14-6-3-2-4-7-14/h2-10,12,19H,11,13H2,1H3. The number of esters is 1. The maximum atomic E-state index is 11.9. The van der Waals surface area contributed by atoms with Crippen LogP contribution in [0.4, 0.5) is 0 Å². The van der Waals surface area contributed by atoms with Crippen molar-refractivity contribution in [2.75, 3.05) is 20.3 Å². The minimum absolute atomic E-state index is 0.0980. The van der Waals surface area contributed by atoms with Crippen LogP contribution in [-0.2, 0) is 4.74 Å². The van der Waals surface area contributed by atoms with Crippen molar-refractivity contribution in [2.24, 2.45) is 0 Å². The van der Waals surface area contributed by atoms with E-state index in [1.54, 1.807) is 37.5 Å². The molecule has 0 atom stereocenters. The van der Waals surface area contributed by atoms with Gasteiger partial charge in [-0.3, -0.25) is 0 Å². The summed E-state index contributed by atoms with van der Waals surface area (Å²) in [4.78, 5) is 11.9. The highest BCUT2D eigenvalue weighted by atomic mass is 16.5. The number of hydrogen-bond acceptors (Lipinski definition) is 4. The monoisotopic (exact) mass is 298 g/mol. The van der Waals surface area contributed by atoms with Crippen LogP contribution in [0.25, 0.3) is 5.57 Å². The number of carbonyl (C=O) groups excluding carboxylic acids is 1. The molecule has 0 saturated heterocycles. The van der Waals surface area contributed by atoms with E-state index in [1.807, 2.05) is 30.3 Å². The van der Waals surface area contributed by atoms with E-state index >= 15 is 0 Å². The van der Waals surface area contributed by atoms with Crippen molar-refractivity contribution in [3.05, 3.63) is 71.8 Å². The predicted octanol–water partition coefficient (Wildman–Crippen LogP) is 2.93. The topological polar surface area (TPSA) is 55.8 Å². The summed E-state index contributed by atoms with van der Waals surface area (Å²) in [7, 11) is 1.54. The van der Waals surface area contributed by atoms with Crippen molar-refractivity contribution in [1.29, 1.82) is 0 Å². The molecule has 0 bridgehead atoms. The van der Waals surface area contributed by atoms with E-state index in [-0.39, 0.29) is 13.2 Å². The Hall–Kier alpha value is -2.59. The van der Waals surface area contributed by atoms with Crippen LogP contribution in [0.3, 0.4) is 0 Å². The number of methoxy groups -OCH3 is 1. The molecule has 4 nitrogen and oxygen atoms in total. The molecule has 2 aromatic rings. The van der Waals surface area contributed by atoms with E-state index in [1.165, 1.54) is 0 Å². The Morgan fingerprint density at radius 1 is 1.09 bits per heavy atom. The van der Waals surface area contributed by atoms with Crippen LogP contribution in [0, 0.1) is 0 Å². The molecule has 1 N–H and O–H groups in total. The molecule has 0 aromatic heterocycles. The minimum Gasteiger partial charge on any atom is -0.497 e. The first kappa shape index (κ1) is 15.8. The largest absolute Gasteiger partial charge is 0.497 e. The third-order valence-corrected chi connectivity index (χ3v) is 3.16. The quantitative estimate of drug-likeness (QED) is 0.833. The molecule has 0 unspecified atom stereocenters. The average Bonchev–Trinajstić information content (AvgIpc) is 2.59. The second-order valence-corrected chi connectivity index (χ2v) is 4.58. The second-order valence-electron chi connectivity index (χ2n) is 4.58. The summed E-state index contributed by atoms with van der Waals surface area (Å²) in [5.41, 5.74) is 2.06. The van der Waals surface area contributed by atoms with E-state index in [4.69, 9.17) is 9.47 Å². The van der Waals surface area contributed by atoms with Gasteiger partial charge >= 0.3 is 5.97 Å². The number of hydrogen-bond donors (Lipinski definition) is 1. The Morgan fingerprint density at radius 2 is 1.82 bits per heavy atom. The van der Waals surface area contributed by atoms with Crippen molar-refractivity contribution in [2.45, 2.75) is 0 Å². The van der Waals surface area contributed by atoms with Gasteiger partial charge in [0.15, 0.2) is 0 Å². The number of aliphatic hydroxyl groups excluding tert-OH is 1. The molecule has 0 amide bonds. The summed E-state index contributed by atoms with van der Waals surface area (Å²) < 4.78 is 10.3. The Bertz CT molecular complexity index is 647. The lowest BCUT2D eigenvalue weighted by atomic mass is 10.1. The molecule has 2 aromatic carbocycles. The van der Waals surface area contributed by atoms with Crippen LogP contribution in [0.15, 0.2) is 60.7 Å². The second kappa shape index (κ2) is 8.00. The molecule has 0 aliphatic carbocycles. The smallest absolute Gasteiger partial charge is 0.338 e. The van der Waals surface area contributed by atoms with Gasteiger partial charge in [-0.1, -0.05) is 36.4 Å². The van der Waals surface area contributed by atoms with Crippen molar-refractivity contribution in [1.82, 2.24) is 0 Å². The lowest BCUT2D eigenvalue weighted by Gasteiger charge is -2.06. The molecule has 0 spiro atoms. The highest BCUT2D eigenvalue weighted by Gasteiger charge is 2.07. The van der Waals surface area contributed by atoms with Crippen molar-refractivity contribution < 1.29 is 19.4 Å². The molecule has 114 valence electrons. The molecule has 0 heterocycles. The number of carbonyl (C=O) groups is 1. The molecule has 2 rings (SSSR count). The van der Waals surface area contributed by atoms with E-state index in [0.717, 1.165) is 11.1 Å². The van der Waals surface area contributed by atoms with Crippen LogP contribution in [0.1, 0.15) is 15.9 Å². The number of rotatable bonds is 6. The van der Waals surface area contributed by atoms with Gasteiger partial charge in [0.25, 0.3) is 0 Å². The van der Waals surface area contributed by atoms with E-state index in [9.17, 15) is 9.90 Å². The van der Waals surface area contributed by atoms with Gasteiger partial charge in [-0.15, -0.1) is 0 Å². The Labute approximate surface area is 129 Å². The number of benzene rings is 2. The first-order valence-corrected chi connectivity index (χ1v) is 6.91. The van der Waals surface area contributed by atoms with Crippen LogP contribution < -0.4 is 4.74 Å². The zero-order valence-corrected chi connectivity index (χ0v) is 12.4. The molecule has 0 saturated carbocycles. The highest BCUT2D eigenvalue weighted by molar-refractivity contribution is 5.90. The van der Waals surface area contributed by atoms with Crippen LogP contribution in [-0.4, -0.2) is 31.4 Å². The highest BCUT2D eigenvalue weighted by Crippen LogP contribution is 2.15. The van der Waals surface area contributed by atoms with Crippen molar-refractivity contribution in [3.63, 3.8) is 0 Å². The normalized spacial score (nSPS) is 11.1. The van der Waals surface area contributed by atoms with E-state index in [0.29, 0.717) is 11.3 Å². The molecule has 0 fully saturated rings. The number of ether oxygens (including phenoxy) is 2. The van der Waals surface area contributed by atoms with E-state index < -0.39 is 5.97 Å². The van der Waals surface area contributed by atoms with Gasteiger partial charge in [-0.2, -0.15) is 0 Å². The Kier molecular flexibility index (Phi) is 5.74. The zero-order chi connectivity index (χ0) is 15.8. The Morgan fingerprint density at radius 3 is 2.50 bits per heavy atom. The van der Waals surface area contributed by atoms with Gasteiger partial charge in [-0.05, 0) is 35.4 Å². The van der Waals surface area contributed by atoms with Gasteiger partial charge in [0.05, 0.1) is 19.3 Å². The molecule has 22 heavy (non-hydrogen) atoms. The Balaban J connectivity index is 1.99. The maximum Gasteiger partial charge on any atom is 0.338 e. The third kappa shape index (κ3) is 4.20. The van der Waals surface area contributed by atoms with Crippen molar-refractivity contribution >= 4 is 11.5 Å². The molecule has 0 aliphatic rings. The SMILES string of the molecule is COc1cccc(C(=O)OCC=C(CO)c2ccccc2)c1. The van der Waals surface area contributed by atoms with Gasteiger partial charge in [0.2, 0.25) is 0 Å². The summed E-state index contributed by atoms with van der Waals surface area (Å²) in [6.45, 7) is -0.0123. The zero-order valence-electron chi connectivity index (χ0n) is 12.4. The minimum atomic E-state index is -0.430. The summed E-state index contributed by atoms with van der Waals surface area (Å²) in [6, 6.07) is 16.3. The fourth-order valence-electron chi connectivity index (χ4n) is 1.98. The van der Waals surface area contributed by atoms with Crippen LogP contribution >= 0.6 is 0 Å². The third-order valence-electron chi connectivity index (χ3n) is 3.16. The molecule has 0 aliphatic heterocycles. The lowest BCUT2D eigenvalue weighted by Crippen LogP contribution is -2.06. The first-order valence-electron chi connectivity index (χ1n) is 6.91. The van der Waals surface area contributed by atoms with E-state index in [2.05, 4.69) is 0 Å². The summed E-state index contributed by atoms with van der Waals surface area (Å²) in [5, 5.41) is 9.40. The molecular formula is C18H18O4.